The molecule has 2 aromatic rings. The van der Waals surface area contributed by atoms with E-state index in [9.17, 15) is 22.8 Å². The van der Waals surface area contributed by atoms with Gasteiger partial charge in [-0.15, -0.1) is 22.7 Å². The normalized spacial score (nSPS) is 14.1. The van der Waals surface area contributed by atoms with Gasteiger partial charge >= 0.3 is 6.09 Å². The monoisotopic (exact) mass is 457 g/mol. The first-order valence-electron chi connectivity index (χ1n) is 8.62. The molecule has 9 nitrogen and oxygen atoms in total. The van der Waals surface area contributed by atoms with Gasteiger partial charge in [-0.3, -0.25) is 14.9 Å². The fourth-order valence-corrected chi connectivity index (χ4v) is 5.60. The second kappa shape index (κ2) is 8.61. The number of carbonyl (C=O) groups excluding carboxylic acids is 3. The highest BCUT2D eigenvalue weighted by Gasteiger charge is 2.28. The Labute approximate surface area is 175 Å². The molecule has 2 N–H and O–H groups in total. The maximum atomic E-state index is 12.8. The van der Waals surface area contributed by atoms with Gasteiger partial charge in [0.05, 0.1) is 24.0 Å². The fraction of sp³-hybridized carbons (Fsp3) is 0.353. The number of rotatable bonds is 5. The SMILES string of the molecule is CCOC(=O)NC(=O)c1ccsc1NC(=O)c1csc2c1CCN(S(C)(=O)=O)C2. The van der Waals surface area contributed by atoms with Crippen molar-refractivity contribution in [1.29, 1.82) is 0 Å². The van der Waals surface area contributed by atoms with Gasteiger partial charge in [0.25, 0.3) is 11.8 Å². The molecule has 0 saturated heterocycles. The van der Waals surface area contributed by atoms with E-state index in [0.29, 0.717) is 23.5 Å². The first kappa shape index (κ1) is 21.4. The summed E-state index contributed by atoms with van der Waals surface area (Å²) in [6.07, 6.45) is 0.747. The molecular weight excluding hydrogens is 438 g/mol. The van der Waals surface area contributed by atoms with Gasteiger partial charge in [0.1, 0.15) is 5.00 Å². The Bertz CT molecular complexity index is 1060. The lowest BCUT2D eigenvalue weighted by atomic mass is 10.0. The zero-order valence-electron chi connectivity index (χ0n) is 15.7. The van der Waals surface area contributed by atoms with Crippen LogP contribution in [0.1, 0.15) is 38.1 Å². The van der Waals surface area contributed by atoms with Crippen molar-refractivity contribution in [3.05, 3.63) is 38.4 Å². The van der Waals surface area contributed by atoms with E-state index in [2.05, 4.69) is 15.4 Å². The Kier molecular flexibility index (Phi) is 6.36. The predicted octanol–water partition coefficient (Wildman–Crippen LogP) is 2.27. The largest absolute Gasteiger partial charge is 0.450 e. The Balaban J connectivity index is 1.73. The smallest absolute Gasteiger partial charge is 0.414 e. The summed E-state index contributed by atoms with van der Waals surface area (Å²) >= 11 is 2.49. The number of nitrogens with one attached hydrogen (secondary N) is 2. The first-order chi connectivity index (χ1) is 13.7. The highest BCUT2D eigenvalue weighted by molar-refractivity contribution is 7.88. The number of anilines is 1. The Morgan fingerprint density at radius 2 is 1.97 bits per heavy atom. The molecule has 2 aromatic heterocycles. The summed E-state index contributed by atoms with van der Waals surface area (Å²) in [7, 11) is -3.29. The third-order valence-electron chi connectivity index (χ3n) is 4.25. The van der Waals surface area contributed by atoms with Crippen molar-refractivity contribution in [1.82, 2.24) is 9.62 Å². The number of sulfonamides is 1. The highest BCUT2D eigenvalue weighted by Crippen LogP contribution is 2.31. The molecule has 0 aromatic carbocycles. The van der Waals surface area contributed by atoms with Gasteiger partial charge < -0.3 is 10.1 Å². The summed E-state index contributed by atoms with van der Waals surface area (Å²) in [5.74, 6) is -1.06. The minimum atomic E-state index is -3.29. The van der Waals surface area contributed by atoms with Crippen LogP contribution < -0.4 is 10.6 Å². The van der Waals surface area contributed by atoms with Gasteiger partial charge in [-0.25, -0.2) is 13.2 Å². The van der Waals surface area contributed by atoms with Gasteiger partial charge in [0.15, 0.2) is 0 Å². The van der Waals surface area contributed by atoms with Crippen molar-refractivity contribution >= 4 is 55.6 Å². The van der Waals surface area contributed by atoms with E-state index in [-0.39, 0.29) is 24.6 Å². The maximum absolute atomic E-state index is 12.8. The summed E-state index contributed by atoms with van der Waals surface area (Å²) in [5.41, 5.74) is 1.44. The van der Waals surface area contributed by atoms with Crippen LogP contribution in [0.2, 0.25) is 0 Å². The minimum absolute atomic E-state index is 0.131. The zero-order chi connectivity index (χ0) is 21.2. The van der Waals surface area contributed by atoms with E-state index in [4.69, 9.17) is 0 Å². The number of imide groups is 1. The zero-order valence-corrected chi connectivity index (χ0v) is 18.1. The summed E-state index contributed by atoms with van der Waals surface area (Å²) in [5, 5.41) is 8.44. The van der Waals surface area contributed by atoms with E-state index in [1.807, 2.05) is 0 Å². The Morgan fingerprint density at radius 1 is 1.21 bits per heavy atom. The Morgan fingerprint density at radius 3 is 2.66 bits per heavy atom. The molecule has 0 radical (unpaired) electrons. The summed E-state index contributed by atoms with van der Waals surface area (Å²) < 4.78 is 29.6. The number of nitrogens with zero attached hydrogens (tertiary/aromatic N) is 1. The quantitative estimate of drug-likeness (QED) is 0.710. The second-order valence-corrected chi connectivity index (χ2v) is 10.1. The van der Waals surface area contributed by atoms with Crippen molar-refractivity contribution in [2.24, 2.45) is 0 Å². The molecule has 1 aliphatic heterocycles. The molecule has 156 valence electrons. The van der Waals surface area contributed by atoms with Gasteiger partial charge in [-0.05, 0) is 30.4 Å². The van der Waals surface area contributed by atoms with Gasteiger partial charge in [-0.1, -0.05) is 0 Å². The lowest BCUT2D eigenvalue weighted by molar-refractivity contribution is 0.0926. The number of hydrogen-bond acceptors (Lipinski definition) is 8. The fourth-order valence-electron chi connectivity index (χ4n) is 2.86. The average Bonchev–Trinajstić information content (AvgIpc) is 3.27. The van der Waals surface area contributed by atoms with Crippen LogP contribution in [0, 0.1) is 0 Å². The van der Waals surface area contributed by atoms with Crippen LogP contribution in [0.25, 0.3) is 0 Å². The molecule has 3 amide bonds. The standard InChI is InChI=1S/C17H19N3O6S3/c1-3-26-17(23)19-14(21)11-5-7-27-16(11)18-15(22)12-9-28-13-8-20(29(2,24)25)6-4-10(12)13/h5,7,9H,3-4,6,8H2,1-2H3,(H,18,22)(H,19,21,23). The summed E-state index contributed by atoms with van der Waals surface area (Å²) in [6.45, 7) is 2.32. The number of alkyl carbamates (subject to hydrolysis) is 1. The van der Waals surface area contributed by atoms with Crippen molar-refractivity contribution in [3.63, 3.8) is 0 Å². The number of carbonyl (C=O) groups is 3. The molecule has 0 aliphatic carbocycles. The van der Waals surface area contributed by atoms with Crippen molar-refractivity contribution in [3.8, 4) is 0 Å². The highest BCUT2D eigenvalue weighted by atomic mass is 32.2. The molecule has 12 heteroatoms. The summed E-state index contributed by atoms with van der Waals surface area (Å²) in [4.78, 5) is 37.3. The molecule has 0 unspecified atom stereocenters. The van der Waals surface area contributed by atoms with E-state index in [0.717, 1.165) is 21.8 Å². The number of thiophene rings is 2. The number of hydrogen-bond donors (Lipinski definition) is 2. The maximum Gasteiger partial charge on any atom is 0.414 e. The van der Waals surface area contributed by atoms with Crippen LogP contribution in [-0.4, -0.2) is 50.0 Å². The molecule has 0 fully saturated rings. The minimum Gasteiger partial charge on any atom is -0.450 e. The first-order valence-corrected chi connectivity index (χ1v) is 12.2. The molecule has 29 heavy (non-hydrogen) atoms. The topological polar surface area (TPSA) is 122 Å². The third-order valence-corrected chi connectivity index (χ3v) is 7.35. The van der Waals surface area contributed by atoms with E-state index in [1.165, 1.54) is 28.0 Å². The second-order valence-electron chi connectivity index (χ2n) is 6.19. The van der Waals surface area contributed by atoms with Gasteiger partial charge in [-0.2, -0.15) is 4.31 Å². The van der Waals surface area contributed by atoms with Crippen molar-refractivity contribution in [2.45, 2.75) is 19.9 Å². The predicted molar refractivity (Wildman–Crippen MR) is 110 cm³/mol. The molecule has 0 atom stereocenters. The van der Waals surface area contributed by atoms with Crippen LogP contribution in [-0.2, 0) is 27.7 Å². The lowest BCUT2D eigenvalue weighted by Gasteiger charge is -2.24. The lowest BCUT2D eigenvalue weighted by Crippen LogP contribution is -2.35. The van der Waals surface area contributed by atoms with E-state index < -0.39 is 22.0 Å². The molecular formula is C17H19N3O6S3. The van der Waals surface area contributed by atoms with Crippen LogP contribution in [0.5, 0.6) is 0 Å². The van der Waals surface area contributed by atoms with Gasteiger partial charge in [0.2, 0.25) is 10.0 Å². The molecule has 3 rings (SSSR count). The molecule has 0 saturated carbocycles. The van der Waals surface area contributed by atoms with Crippen LogP contribution >= 0.6 is 22.7 Å². The molecule has 0 bridgehead atoms. The number of ether oxygens (including phenoxy) is 1. The van der Waals surface area contributed by atoms with E-state index in [1.54, 1.807) is 17.7 Å². The number of fused-ring (bicyclic) bond motifs is 1. The van der Waals surface area contributed by atoms with E-state index >= 15 is 0 Å². The summed E-state index contributed by atoms with van der Waals surface area (Å²) in [6, 6.07) is 1.50. The average molecular weight is 458 g/mol. The van der Waals surface area contributed by atoms with Crippen molar-refractivity contribution < 1.29 is 27.5 Å². The van der Waals surface area contributed by atoms with Gasteiger partial charge in [0, 0.05) is 23.3 Å². The Hall–Kier alpha value is -2.28. The van der Waals surface area contributed by atoms with Crippen LogP contribution in [0.3, 0.4) is 0 Å². The van der Waals surface area contributed by atoms with Crippen LogP contribution in [0.4, 0.5) is 9.80 Å². The molecule has 0 spiro atoms. The molecule has 1 aliphatic rings. The van der Waals surface area contributed by atoms with Crippen LogP contribution in [0.15, 0.2) is 16.8 Å². The van der Waals surface area contributed by atoms with Crippen molar-refractivity contribution in [2.75, 3.05) is 24.7 Å². The number of amides is 3. The molecule has 3 heterocycles. The third kappa shape index (κ3) is 4.83.